The van der Waals surface area contributed by atoms with E-state index in [1.807, 2.05) is 0 Å². The van der Waals surface area contributed by atoms with E-state index in [2.05, 4.69) is 0 Å². The predicted molar refractivity (Wildman–Crippen MR) is 94.0 cm³/mol. The molecule has 1 aliphatic heterocycles. The van der Waals surface area contributed by atoms with E-state index in [9.17, 15) is 14.7 Å². The zero-order chi connectivity index (χ0) is 19.2. The summed E-state index contributed by atoms with van der Waals surface area (Å²) in [5, 5.41) is 10.2. The molecule has 0 amide bonds. The first-order chi connectivity index (χ1) is 13.1. The van der Waals surface area contributed by atoms with Crippen molar-refractivity contribution in [1.29, 1.82) is 0 Å². The van der Waals surface area contributed by atoms with Crippen molar-refractivity contribution in [3.8, 4) is 0 Å². The highest BCUT2D eigenvalue weighted by molar-refractivity contribution is 5.90. The molecule has 142 valence electrons. The Morgan fingerprint density at radius 3 is 1.85 bits per heavy atom. The molecule has 1 heterocycles. The van der Waals surface area contributed by atoms with E-state index < -0.39 is 36.5 Å². The van der Waals surface area contributed by atoms with Crippen molar-refractivity contribution in [2.75, 3.05) is 13.7 Å². The summed E-state index contributed by atoms with van der Waals surface area (Å²) in [4.78, 5) is 24.8. The largest absolute Gasteiger partial charge is 0.452 e. The molecule has 27 heavy (non-hydrogen) atoms. The van der Waals surface area contributed by atoms with Crippen LogP contribution in [0.5, 0.6) is 0 Å². The minimum atomic E-state index is -1.44. The maximum Gasteiger partial charge on any atom is 0.338 e. The molecule has 0 aliphatic carbocycles. The van der Waals surface area contributed by atoms with E-state index in [1.54, 1.807) is 60.7 Å². The van der Waals surface area contributed by atoms with Crippen LogP contribution >= 0.6 is 0 Å². The maximum absolute atomic E-state index is 12.4. The van der Waals surface area contributed by atoms with Crippen LogP contribution in [-0.4, -0.2) is 55.4 Å². The second kappa shape index (κ2) is 8.77. The highest BCUT2D eigenvalue weighted by atomic mass is 16.7. The van der Waals surface area contributed by atoms with Gasteiger partial charge in [0.1, 0.15) is 6.10 Å². The van der Waals surface area contributed by atoms with Crippen LogP contribution in [0.4, 0.5) is 0 Å². The summed E-state index contributed by atoms with van der Waals surface area (Å²) < 4.78 is 21.3. The molecule has 1 fully saturated rings. The Bertz CT molecular complexity index is 762. The molecule has 4 atom stereocenters. The van der Waals surface area contributed by atoms with Gasteiger partial charge in [-0.1, -0.05) is 36.4 Å². The Hall–Kier alpha value is -2.74. The van der Waals surface area contributed by atoms with Crippen LogP contribution in [0.1, 0.15) is 20.7 Å². The Balaban J connectivity index is 1.77. The van der Waals surface area contributed by atoms with E-state index in [-0.39, 0.29) is 6.61 Å². The number of aliphatic hydroxyl groups is 1. The molecule has 2 aromatic carbocycles. The minimum Gasteiger partial charge on any atom is -0.452 e. The first-order valence-electron chi connectivity index (χ1n) is 8.44. The lowest BCUT2D eigenvalue weighted by molar-refractivity contribution is -0.137. The van der Waals surface area contributed by atoms with E-state index in [4.69, 9.17) is 18.9 Å². The number of carbonyl (C=O) groups excluding carboxylic acids is 2. The highest BCUT2D eigenvalue weighted by Crippen LogP contribution is 2.27. The normalized spacial score (nSPS) is 24.4. The SMILES string of the molecule is COC[C@@H]1O[C@H](O)[C@H](OC(=O)c2ccccc2)[C@@H]1OC(=O)c1ccccc1. The maximum atomic E-state index is 12.4. The molecule has 7 heteroatoms. The molecular formula is C20H20O7. The van der Waals surface area contributed by atoms with Crippen molar-refractivity contribution in [3.63, 3.8) is 0 Å². The summed E-state index contributed by atoms with van der Waals surface area (Å²) in [6.45, 7) is 0.0587. The Morgan fingerprint density at radius 2 is 1.37 bits per heavy atom. The second-order valence-corrected chi connectivity index (χ2v) is 5.99. The standard InChI is InChI=1S/C20H20O7/c1-24-12-15-16(26-18(21)13-8-4-2-5-9-13)17(20(23)25-15)27-19(22)14-10-6-3-7-11-14/h2-11,15-17,20,23H,12H2,1H3/t15-,16+,17+,20-/m0/s1. The molecule has 2 aromatic rings. The monoisotopic (exact) mass is 372 g/mol. The molecule has 0 spiro atoms. The Labute approximate surface area is 156 Å². The third-order valence-corrected chi connectivity index (χ3v) is 4.12. The molecule has 1 N–H and O–H groups in total. The van der Waals surface area contributed by atoms with E-state index in [0.717, 1.165) is 0 Å². The lowest BCUT2D eigenvalue weighted by Gasteiger charge is -2.23. The van der Waals surface area contributed by atoms with E-state index in [1.165, 1.54) is 7.11 Å². The Kier molecular flexibility index (Phi) is 6.18. The van der Waals surface area contributed by atoms with Crippen LogP contribution in [0.2, 0.25) is 0 Å². The number of carbonyl (C=O) groups is 2. The summed E-state index contributed by atoms with van der Waals surface area (Å²) in [6.07, 6.45) is -4.40. The highest BCUT2D eigenvalue weighted by Gasteiger charge is 2.49. The van der Waals surface area contributed by atoms with Gasteiger partial charge in [0, 0.05) is 7.11 Å². The van der Waals surface area contributed by atoms with Gasteiger partial charge >= 0.3 is 11.9 Å². The number of methoxy groups -OCH3 is 1. The number of rotatable bonds is 6. The molecule has 7 nitrogen and oxygen atoms in total. The van der Waals surface area contributed by atoms with Gasteiger partial charge in [0.15, 0.2) is 18.5 Å². The predicted octanol–water partition coefficient (Wildman–Crippen LogP) is 1.80. The third-order valence-electron chi connectivity index (χ3n) is 4.12. The minimum absolute atomic E-state index is 0.0587. The number of hydrogen-bond donors (Lipinski definition) is 1. The summed E-state index contributed by atoms with van der Waals surface area (Å²) in [7, 11) is 1.45. The van der Waals surface area contributed by atoms with Gasteiger partial charge in [-0.15, -0.1) is 0 Å². The molecule has 0 radical (unpaired) electrons. The first-order valence-corrected chi connectivity index (χ1v) is 8.44. The van der Waals surface area contributed by atoms with Crippen molar-refractivity contribution in [2.24, 2.45) is 0 Å². The van der Waals surface area contributed by atoms with Gasteiger partial charge in [-0.05, 0) is 24.3 Å². The van der Waals surface area contributed by atoms with Crippen molar-refractivity contribution in [2.45, 2.75) is 24.6 Å². The fourth-order valence-corrected chi connectivity index (χ4v) is 2.81. The second-order valence-electron chi connectivity index (χ2n) is 5.99. The van der Waals surface area contributed by atoms with Crippen LogP contribution in [-0.2, 0) is 18.9 Å². The summed E-state index contributed by atoms with van der Waals surface area (Å²) in [5.41, 5.74) is 0.649. The van der Waals surface area contributed by atoms with Gasteiger partial charge in [-0.3, -0.25) is 0 Å². The fourth-order valence-electron chi connectivity index (χ4n) is 2.81. The molecular weight excluding hydrogens is 352 g/mol. The molecule has 1 aliphatic rings. The lowest BCUT2D eigenvalue weighted by Crippen LogP contribution is -2.41. The lowest BCUT2D eigenvalue weighted by atomic mass is 10.1. The van der Waals surface area contributed by atoms with Gasteiger partial charge in [0.2, 0.25) is 0 Å². The smallest absolute Gasteiger partial charge is 0.338 e. The molecule has 1 saturated heterocycles. The molecule has 0 bridgehead atoms. The molecule has 0 saturated carbocycles. The quantitative estimate of drug-likeness (QED) is 0.773. The topological polar surface area (TPSA) is 91.3 Å². The average molecular weight is 372 g/mol. The number of aliphatic hydroxyl groups excluding tert-OH is 1. The van der Waals surface area contributed by atoms with Crippen molar-refractivity contribution >= 4 is 11.9 Å². The van der Waals surface area contributed by atoms with Crippen LogP contribution in [0.3, 0.4) is 0 Å². The zero-order valence-corrected chi connectivity index (χ0v) is 14.7. The van der Waals surface area contributed by atoms with Crippen molar-refractivity contribution in [1.82, 2.24) is 0 Å². The van der Waals surface area contributed by atoms with Gasteiger partial charge in [-0.2, -0.15) is 0 Å². The summed E-state index contributed by atoms with van der Waals surface area (Å²) in [5.74, 6) is -1.26. The number of benzene rings is 2. The average Bonchev–Trinajstić information content (AvgIpc) is 2.98. The molecule has 3 rings (SSSR count). The molecule has 0 aromatic heterocycles. The van der Waals surface area contributed by atoms with Crippen LogP contribution in [0.25, 0.3) is 0 Å². The summed E-state index contributed by atoms with van der Waals surface area (Å²) in [6, 6.07) is 16.7. The van der Waals surface area contributed by atoms with E-state index in [0.29, 0.717) is 11.1 Å². The Morgan fingerprint density at radius 1 is 0.889 bits per heavy atom. The third kappa shape index (κ3) is 4.51. The van der Waals surface area contributed by atoms with E-state index >= 15 is 0 Å². The van der Waals surface area contributed by atoms with Crippen molar-refractivity contribution in [3.05, 3.63) is 71.8 Å². The summed E-state index contributed by atoms with van der Waals surface area (Å²) >= 11 is 0. The first kappa shape index (κ1) is 19.0. The van der Waals surface area contributed by atoms with Gasteiger partial charge in [-0.25, -0.2) is 9.59 Å². The zero-order valence-electron chi connectivity index (χ0n) is 14.7. The van der Waals surface area contributed by atoms with Crippen molar-refractivity contribution < 1.29 is 33.6 Å². The van der Waals surface area contributed by atoms with Gasteiger partial charge in [0.25, 0.3) is 0 Å². The number of esters is 2. The van der Waals surface area contributed by atoms with Gasteiger partial charge < -0.3 is 24.1 Å². The fraction of sp³-hybridized carbons (Fsp3) is 0.300. The number of ether oxygens (including phenoxy) is 4. The van der Waals surface area contributed by atoms with Crippen LogP contribution < -0.4 is 0 Å². The molecule has 0 unspecified atom stereocenters. The number of hydrogen-bond acceptors (Lipinski definition) is 7. The van der Waals surface area contributed by atoms with Gasteiger partial charge in [0.05, 0.1) is 17.7 Å². The van der Waals surface area contributed by atoms with Crippen LogP contribution in [0.15, 0.2) is 60.7 Å². The van der Waals surface area contributed by atoms with Crippen LogP contribution in [0, 0.1) is 0 Å².